The minimum Gasteiger partial charge on any atom is -0.334 e. The Morgan fingerprint density at radius 1 is 1.04 bits per heavy atom. The van der Waals surface area contributed by atoms with Gasteiger partial charge in [0.15, 0.2) is 0 Å². The Morgan fingerprint density at radius 3 is 2.35 bits per heavy atom. The van der Waals surface area contributed by atoms with Crippen molar-refractivity contribution in [1.29, 1.82) is 0 Å². The molecule has 2 aromatic carbocycles. The zero-order valence-corrected chi connectivity index (χ0v) is 12.6. The molecule has 2 aromatic rings. The van der Waals surface area contributed by atoms with Crippen LogP contribution in [0.1, 0.15) is 23.6 Å². The minimum atomic E-state index is -4.35. The molecular formula is C17H17F3N2O. The highest BCUT2D eigenvalue weighted by molar-refractivity contribution is 5.89. The Balaban J connectivity index is 1.89. The molecule has 3 nitrogen and oxygen atoms in total. The molecule has 122 valence electrons. The fraction of sp³-hybridized carbons (Fsp3) is 0.235. The molecule has 0 saturated carbocycles. The number of hydrogen-bond donors (Lipinski definition) is 2. The van der Waals surface area contributed by atoms with E-state index in [9.17, 15) is 18.0 Å². The van der Waals surface area contributed by atoms with Gasteiger partial charge < -0.3 is 10.6 Å². The minimum absolute atomic E-state index is 0.150. The van der Waals surface area contributed by atoms with Crippen molar-refractivity contribution in [1.82, 2.24) is 5.32 Å². The third-order valence-corrected chi connectivity index (χ3v) is 3.33. The molecule has 2 amide bonds. The molecule has 0 aliphatic carbocycles. The van der Waals surface area contributed by atoms with Crippen LogP contribution in [0.2, 0.25) is 0 Å². The number of rotatable bonds is 4. The van der Waals surface area contributed by atoms with Crippen molar-refractivity contribution in [3.8, 4) is 0 Å². The van der Waals surface area contributed by atoms with E-state index in [1.54, 1.807) is 6.07 Å². The predicted molar refractivity (Wildman–Crippen MR) is 83.1 cm³/mol. The summed E-state index contributed by atoms with van der Waals surface area (Å²) in [6.07, 6.45) is -3.49. The van der Waals surface area contributed by atoms with Crippen LogP contribution in [0.4, 0.5) is 23.7 Å². The number of carbonyl (C=O) groups excluding carboxylic acids is 1. The Hall–Kier alpha value is -2.50. The largest absolute Gasteiger partial charge is 0.416 e. The van der Waals surface area contributed by atoms with E-state index in [4.69, 9.17) is 0 Å². The number of nitrogens with one attached hydrogen (secondary N) is 2. The van der Waals surface area contributed by atoms with Crippen LogP contribution in [-0.2, 0) is 19.1 Å². The van der Waals surface area contributed by atoms with E-state index in [1.807, 2.05) is 25.1 Å². The first-order chi connectivity index (χ1) is 10.9. The summed E-state index contributed by atoms with van der Waals surface area (Å²) in [5.74, 6) is 0. The molecule has 6 heteroatoms. The van der Waals surface area contributed by atoms with Crippen molar-refractivity contribution in [2.75, 3.05) is 5.32 Å². The third kappa shape index (κ3) is 5.02. The van der Waals surface area contributed by atoms with Crippen LogP contribution in [0.3, 0.4) is 0 Å². The van der Waals surface area contributed by atoms with E-state index in [2.05, 4.69) is 10.6 Å². The monoisotopic (exact) mass is 322 g/mol. The lowest BCUT2D eigenvalue weighted by Gasteiger charge is -2.10. The van der Waals surface area contributed by atoms with Gasteiger partial charge in [0.25, 0.3) is 0 Å². The number of amides is 2. The molecule has 0 aliphatic rings. The van der Waals surface area contributed by atoms with Crippen LogP contribution in [0.15, 0.2) is 48.5 Å². The lowest BCUT2D eigenvalue weighted by atomic mass is 10.1. The topological polar surface area (TPSA) is 41.1 Å². The fourth-order valence-corrected chi connectivity index (χ4v) is 2.04. The number of halogens is 3. The van der Waals surface area contributed by atoms with Crippen molar-refractivity contribution >= 4 is 11.7 Å². The smallest absolute Gasteiger partial charge is 0.334 e. The lowest BCUT2D eigenvalue weighted by Crippen LogP contribution is -2.28. The van der Waals surface area contributed by atoms with Crippen LogP contribution in [0.5, 0.6) is 0 Å². The molecule has 0 fully saturated rings. The van der Waals surface area contributed by atoms with Gasteiger partial charge in [-0.2, -0.15) is 13.2 Å². The van der Waals surface area contributed by atoms with Crippen molar-refractivity contribution in [3.05, 3.63) is 65.2 Å². The van der Waals surface area contributed by atoms with Crippen LogP contribution in [0, 0.1) is 0 Å². The average molecular weight is 322 g/mol. The van der Waals surface area contributed by atoms with E-state index < -0.39 is 17.8 Å². The Labute approximate surface area is 132 Å². The van der Waals surface area contributed by atoms with Crippen LogP contribution >= 0.6 is 0 Å². The van der Waals surface area contributed by atoms with Crippen LogP contribution < -0.4 is 10.6 Å². The van der Waals surface area contributed by atoms with Gasteiger partial charge in [-0.1, -0.05) is 31.2 Å². The standard InChI is InChI=1S/C17H17F3N2O/c1-2-12-4-3-5-15(10-12)22-16(23)21-11-13-6-8-14(9-7-13)17(18,19)20/h3-10H,2,11H2,1H3,(H2,21,22,23). The molecule has 0 radical (unpaired) electrons. The Kier molecular flexibility index (Phi) is 5.26. The highest BCUT2D eigenvalue weighted by Gasteiger charge is 2.29. The first kappa shape index (κ1) is 16.9. The molecule has 0 unspecified atom stereocenters. The van der Waals surface area contributed by atoms with E-state index in [0.29, 0.717) is 11.3 Å². The van der Waals surface area contributed by atoms with Gasteiger partial charge in [-0.05, 0) is 41.8 Å². The third-order valence-electron chi connectivity index (χ3n) is 3.33. The summed E-state index contributed by atoms with van der Waals surface area (Å²) in [6.45, 7) is 2.17. The second-order valence-electron chi connectivity index (χ2n) is 5.06. The van der Waals surface area contributed by atoms with Gasteiger partial charge in [-0.15, -0.1) is 0 Å². The predicted octanol–water partition coefficient (Wildman–Crippen LogP) is 4.59. The maximum absolute atomic E-state index is 12.5. The number of carbonyl (C=O) groups is 1. The number of benzene rings is 2. The van der Waals surface area contributed by atoms with Crippen LogP contribution in [0.25, 0.3) is 0 Å². The van der Waals surface area contributed by atoms with Crippen molar-refractivity contribution in [3.63, 3.8) is 0 Å². The summed E-state index contributed by atoms with van der Waals surface area (Å²) < 4.78 is 37.4. The second-order valence-corrected chi connectivity index (χ2v) is 5.06. The summed E-state index contributed by atoms with van der Waals surface area (Å²) in [5.41, 5.74) is 1.66. The van der Waals surface area contributed by atoms with Gasteiger partial charge >= 0.3 is 12.2 Å². The number of urea groups is 1. The molecule has 0 atom stereocenters. The maximum atomic E-state index is 12.5. The molecule has 0 heterocycles. The van der Waals surface area contributed by atoms with Crippen molar-refractivity contribution < 1.29 is 18.0 Å². The molecule has 0 bridgehead atoms. The second kappa shape index (κ2) is 7.17. The molecule has 0 aliphatic heterocycles. The molecule has 23 heavy (non-hydrogen) atoms. The number of alkyl halides is 3. The summed E-state index contributed by atoms with van der Waals surface area (Å²) in [5, 5.41) is 5.30. The fourth-order valence-electron chi connectivity index (χ4n) is 2.04. The summed E-state index contributed by atoms with van der Waals surface area (Å²) in [4.78, 5) is 11.8. The van der Waals surface area contributed by atoms with E-state index in [0.717, 1.165) is 24.1 Å². The van der Waals surface area contributed by atoms with E-state index in [1.165, 1.54) is 12.1 Å². The quantitative estimate of drug-likeness (QED) is 0.849. The molecule has 0 spiro atoms. The Bertz CT molecular complexity index is 666. The highest BCUT2D eigenvalue weighted by atomic mass is 19.4. The van der Waals surface area contributed by atoms with Gasteiger partial charge in [-0.25, -0.2) is 4.79 Å². The van der Waals surface area contributed by atoms with Gasteiger partial charge in [0, 0.05) is 12.2 Å². The summed E-state index contributed by atoms with van der Waals surface area (Å²) >= 11 is 0. The zero-order valence-electron chi connectivity index (χ0n) is 12.6. The molecular weight excluding hydrogens is 305 g/mol. The summed E-state index contributed by atoms with van der Waals surface area (Å²) in [6, 6.07) is 11.8. The maximum Gasteiger partial charge on any atom is 0.416 e. The highest BCUT2D eigenvalue weighted by Crippen LogP contribution is 2.29. The average Bonchev–Trinajstić information content (AvgIpc) is 2.52. The first-order valence-corrected chi connectivity index (χ1v) is 7.18. The van der Waals surface area contributed by atoms with Gasteiger partial charge in [0.2, 0.25) is 0 Å². The Morgan fingerprint density at radius 2 is 1.74 bits per heavy atom. The molecule has 0 aromatic heterocycles. The van der Waals surface area contributed by atoms with E-state index in [-0.39, 0.29) is 6.54 Å². The first-order valence-electron chi connectivity index (χ1n) is 7.18. The molecule has 2 N–H and O–H groups in total. The molecule has 2 rings (SSSR count). The normalized spacial score (nSPS) is 11.1. The summed E-state index contributed by atoms with van der Waals surface area (Å²) in [7, 11) is 0. The van der Waals surface area contributed by atoms with Gasteiger partial charge in [0.1, 0.15) is 0 Å². The van der Waals surface area contributed by atoms with E-state index >= 15 is 0 Å². The van der Waals surface area contributed by atoms with Crippen LogP contribution in [-0.4, -0.2) is 6.03 Å². The zero-order chi connectivity index (χ0) is 16.9. The number of anilines is 1. The number of hydrogen-bond acceptors (Lipinski definition) is 1. The SMILES string of the molecule is CCc1cccc(NC(=O)NCc2ccc(C(F)(F)F)cc2)c1. The van der Waals surface area contributed by atoms with Crippen molar-refractivity contribution in [2.45, 2.75) is 26.1 Å². The molecule has 0 saturated heterocycles. The van der Waals surface area contributed by atoms with Gasteiger partial charge in [-0.3, -0.25) is 0 Å². The van der Waals surface area contributed by atoms with Gasteiger partial charge in [0.05, 0.1) is 5.56 Å². The lowest BCUT2D eigenvalue weighted by molar-refractivity contribution is -0.137. The number of aryl methyl sites for hydroxylation is 1. The van der Waals surface area contributed by atoms with Crippen molar-refractivity contribution in [2.24, 2.45) is 0 Å².